The van der Waals surface area contributed by atoms with Crippen LogP contribution in [0.15, 0.2) is 30.3 Å². The van der Waals surface area contributed by atoms with Crippen molar-refractivity contribution in [1.29, 1.82) is 0 Å². The Morgan fingerprint density at radius 3 is 2.48 bits per heavy atom. The van der Waals surface area contributed by atoms with Gasteiger partial charge in [0.15, 0.2) is 6.29 Å². The summed E-state index contributed by atoms with van der Waals surface area (Å²) in [4.78, 5) is 23.4. The number of alkyl carbamates (subject to hydrolysis) is 1. The third-order valence-corrected chi connectivity index (χ3v) is 3.98. The second kappa shape index (κ2) is 8.80. The SMILES string of the molecule is CO[C@H]1O[C@H](C)[C@H](NC(=O)OCc2ccccc2)[C@H](O)[C@H]1NC(C)=O. The molecule has 25 heavy (non-hydrogen) atoms. The van der Waals surface area contributed by atoms with Gasteiger partial charge >= 0.3 is 6.09 Å². The maximum atomic E-state index is 12.0. The van der Waals surface area contributed by atoms with Crippen molar-refractivity contribution < 1.29 is 28.9 Å². The Balaban J connectivity index is 1.96. The van der Waals surface area contributed by atoms with Gasteiger partial charge in [0.05, 0.1) is 12.1 Å². The van der Waals surface area contributed by atoms with E-state index >= 15 is 0 Å². The van der Waals surface area contributed by atoms with Crippen molar-refractivity contribution in [1.82, 2.24) is 10.6 Å². The lowest BCUT2D eigenvalue weighted by molar-refractivity contribution is -0.225. The van der Waals surface area contributed by atoms with Gasteiger partial charge in [-0.15, -0.1) is 0 Å². The molecule has 0 bridgehead atoms. The standard InChI is InChI=1S/C17H24N2O6/c1-10-13(15(21)14(18-11(2)20)16(23-3)25-10)19-17(22)24-9-12-7-5-4-6-8-12/h4-8,10,13-16,21H,9H2,1-3H3,(H,18,20)(H,19,22)/t10-,13+,14-,15+,16+/m1/s1. The second-order valence-corrected chi connectivity index (χ2v) is 5.89. The molecule has 0 aromatic heterocycles. The van der Waals surface area contributed by atoms with Crippen LogP contribution in [0.3, 0.4) is 0 Å². The molecule has 0 saturated carbocycles. The fourth-order valence-corrected chi connectivity index (χ4v) is 2.74. The molecular formula is C17H24N2O6. The zero-order valence-electron chi connectivity index (χ0n) is 14.5. The number of hydrogen-bond donors (Lipinski definition) is 3. The van der Waals surface area contributed by atoms with Gasteiger partial charge in [0, 0.05) is 14.0 Å². The summed E-state index contributed by atoms with van der Waals surface area (Å²) < 4.78 is 16.0. The minimum Gasteiger partial charge on any atom is -0.445 e. The van der Waals surface area contributed by atoms with Crippen molar-refractivity contribution in [2.24, 2.45) is 0 Å². The molecule has 0 radical (unpaired) electrons. The lowest BCUT2D eigenvalue weighted by Crippen LogP contribution is -2.67. The van der Waals surface area contributed by atoms with E-state index in [0.717, 1.165) is 5.56 Å². The molecular weight excluding hydrogens is 328 g/mol. The van der Waals surface area contributed by atoms with Gasteiger partial charge in [-0.2, -0.15) is 0 Å². The number of ether oxygens (including phenoxy) is 3. The van der Waals surface area contributed by atoms with Crippen molar-refractivity contribution in [3.05, 3.63) is 35.9 Å². The first kappa shape index (κ1) is 19.2. The van der Waals surface area contributed by atoms with Crippen LogP contribution < -0.4 is 10.6 Å². The molecule has 1 aliphatic rings. The number of hydrogen-bond acceptors (Lipinski definition) is 6. The summed E-state index contributed by atoms with van der Waals surface area (Å²) in [6, 6.07) is 7.68. The third kappa shape index (κ3) is 5.15. The van der Waals surface area contributed by atoms with Crippen molar-refractivity contribution >= 4 is 12.0 Å². The fourth-order valence-electron chi connectivity index (χ4n) is 2.74. The molecule has 1 fully saturated rings. The first-order valence-electron chi connectivity index (χ1n) is 8.03. The first-order valence-corrected chi connectivity index (χ1v) is 8.03. The molecule has 1 aromatic rings. The molecule has 1 aromatic carbocycles. The van der Waals surface area contributed by atoms with E-state index in [4.69, 9.17) is 14.2 Å². The van der Waals surface area contributed by atoms with E-state index in [2.05, 4.69) is 10.6 Å². The minimum atomic E-state index is -1.10. The average Bonchev–Trinajstić information content (AvgIpc) is 2.59. The zero-order chi connectivity index (χ0) is 18.4. The summed E-state index contributed by atoms with van der Waals surface area (Å²) in [5.74, 6) is -0.338. The van der Waals surface area contributed by atoms with E-state index < -0.39 is 36.7 Å². The molecule has 2 rings (SSSR count). The third-order valence-electron chi connectivity index (χ3n) is 3.98. The molecule has 1 saturated heterocycles. The monoisotopic (exact) mass is 352 g/mol. The van der Waals surface area contributed by atoms with E-state index in [9.17, 15) is 14.7 Å². The molecule has 2 amide bonds. The number of benzene rings is 1. The Kier molecular flexibility index (Phi) is 6.74. The van der Waals surface area contributed by atoms with Gasteiger partial charge in [0.1, 0.15) is 18.8 Å². The van der Waals surface area contributed by atoms with Crippen LogP contribution in [0.25, 0.3) is 0 Å². The van der Waals surface area contributed by atoms with Gasteiger partial charge in [0.25, 0.3) is 0 Å². The summed E-state index contributed by atoms with van der Waals surface area (Å²) in [6.45, 7) is 3.13. The largest absolute Gasteiger partial charge is 0.445 e. The fraction of sp³-hybridized carbons (Fsp3) is 0.529. The van der Waals surface area contributed by atoms with Crippen LogP contribution in [0.2, 0.25) is 0 Å². The molecule has 1 heterocycles. The smallest absolute Gasteiger partial charge is 0.407 e. The maximum absolute atomic E-state index is 12.0. The number of amides is 2. The van der Waals surface area contributed by atoms with Crippen molar-refractivity contribution in [3.8, 4) is 0 Å². The van der Waals surface area contributed by atoms with Gasteiger partial charge in [0.2, 0.25) is 5.91 Å². The predicted molar refractivity (Wildman–Crippen MR) is 88.5 cm³/mol. The highest BCUT2D eigenvalue weighted by Crippen LogP contribution is 2.22. The van der Waals surface area contributed by atoms with Gasteiger partial charge in [-0.3, -0.25) is 4.79 Å². The lowest BCUT2D eigenvalue weighted by atomic mass is 9.95. The number of methoxy groups -OCH3 is 1. The van der Waals surface area contributed by atoms with Crippen LogP contribution in [0, 0.1) is 0 Å². The zero-order valence-corrected chi connectivity index (χ0v) is 14.5. The van der Waals surface area contributed by atoms with Crippen LogP contribution >= 0.6 is 0 Å². The lowest BCUT2D eigenvalue weighted by Gasteiger charge is -2.43. The number of carbonyl (C=O) groups is 2. The topological polar surface area (TPSA) is 106 Å². The predicted octanol–water partition coefficient (Wildman–Crippen LogP) is 0.538. The Hall–Kier alpha value is -2.16. The molecule has 8 heteroatoms. The normalized spacial score (nSPS) is 28.9. The maximum Gasteiger partial charge on any atom is 0.407 e. The van der Waals surface area contributed by atoms with Gasteiger partial charge in [-0.05, 0) is 12.5 Å². The van der Waals surface area contributed by atoms with Crippen LogP contribution in [0.4, 0.5) is 4.79 Å². The molecule has 0 unspecified atom stereocenters. The molecule has 5 atom stereocenters. The highest BCUT2D eigenvalue weighted by atomic mass is 16.7. The number of rotatable bonds is 5. The molecule has 0 aliphatic carbocycles. The van der Waals surface area contributed by atoms with Crippen LogP contribution in [-0.2, 0) is 25.6 Å². The molecule has 1 aliphatic heterocycles. The summed E-state index contributed by atoms with van der Waals surface area (Å²) in [7, 11) is 1.42. The van der Waals surface area contributed by atoms with Crippen molar-refractivity contribution in [2.75, 3.05) is 7.11 Å². The molecule has 0 spiro atoms. The number of aliphatic hydroxyl groups is 1. The quantitative estimate of drug-likeness (QED) is 0.714. The van der Waals surface area contributed by atoms with E-state index in [0.29, 0.717) is 0 Å². The van der Waals surface area contributed by atoms with E-state index in [-0.39, 0.29) is 12.5 Å². The summed E-state index contributed by atoms with van der Waals surface area (Å²) in [5.41, 5.74) is 0.849. The van der Waals surface area contributed by atoms with Gasteiger partial charge < -0.3 is 30.0 Å². The highest BCUT2D eigenvalue weighted by molar-refractivity contribution is 5.73. The first-order chi connectivity index (χ1) is 11.9. The Morgan fingerprint density at radius 1 is 1.20 bits per heavy atom. The number of carbonyl (C=O) groups excluding carboxylic acids is 2. The number of nitrogens with one attached hydrogen (secondary N) is 2. The van der Waals surface area contributed by atoms with Gasteiger partial charge in [-0.1, -0.05) is 30.3 Å². The van der Waals surface area contributed by atoms with Crippen LogP contribution in [0.5, 0.6) is 0 Å². The Labute approximate surface area is 146 Å². The van der Waals surface area contributed by atoms with Crippen LogP contribution in [-0.4, -0.2) is 54.8 Å². The van der Waals surface area contributed by atoms with Crippen molar-refractivity contribution in [2.45, 2.75) is 51.0 Å². The summed E-state index contributed by atoms with van der Waals surface area (Å²) >= 11 is 0. The Bertz CT molecular complexity index is 582. The van der Waals surface area contributed by atoms with Crippen molar-refractivity contribution in [3.63, 3.8) is 0 Å². The van der Waals surface area contributed by atoms with Gasteiger partial charge in [-0.25, -0.2) is 4.79 Å². The number of aliphatic hydroxyl groups excluding tert-OH is 1. The van der Waals surface area contributed by atoms with E-state index in [1.807, 2.05) is 30.3 Å². The van der Waals surface area contributed by atoms with Crippen LogP contribution in [0.1, 0.15) is 19.4 Å². The average molecular weight is 352 g/mol. The molecule has 138 valence electrons. The highest BCUT2D eigenvalue weighted by Gasteiger charge is 2.45. The molecule has 8 nitrogen and oxygen atoms in total. The molecule has 3 N–H and O–H groups in total. The van der Waals surface area contributed by atoms with E-state index in [1.54, 1.807) is 6.92 Å². The minimum absolute atomic E-state index is 0.112. The van der Waals surface area contributed by atoms with E-state index in [1.165, 1.54) is 14.0 Å². The second-order valence-electron chi connectivity index (χ2n) is 5.89. The Morgan fingerprint density at radius 2 is 1.88 bits per heavy atom. The summed E-state index contributed by atoms with van der Waals surface area (Å²) in [5, 5.41) is 15.7. The summed E-state index contributed by atoms with van der Waals surface area (Å²) in [6.07, 6.45) is -3.12.